The molecular formula is C17H14BrN3O2. The summed E-state index contributed by atoms with van der Waals surface area (Å²) in [5, 5.41) is 6.14. The first kappa shape index (κ1) is 14.3. The van der Waals surface area contributed by atoms with Crippen LogP contribution in [0.5, 0.6) is 0 Å². The van der Waals surface area contributed by atoms with Crippen LogP contribution in [0.2, 0.25) is 0 Å². The van der Waals surface area contributed by atoms with Gasteiger partial charge in [0.15, 0.2) is 0 Å². The number of para-hydroxylation sites is 1. The van der Waals surface area contributed by atoms with E-state index in [2.05, 4.69) is 26.6 Å². The second-order valence-electron chi connectivity index (χ2n) is 5.59. The van der Waals surface area contributed by atoms with Gasteiger partial charge in [0.05, 0.1) is 11.3 Å². The Balaban J connectivity index is 1.94. The van der Waals surface area contributed by atoms with Crippen molar-refractivity contribution in [3.63, 3.8) is 0 Å². The maximum Gasteiger partial charge on any atom is 0.278 e. The lowest BCUT2D eigenvalue weighted by Crippen LogP contribution is -2.60. The largest absolute Gasteiger partial charge is 0.350 e. The van der Waals surface area contributed by atoms with Crippen LogP contribution in [0.3, 0.4) is 0 Å². The third-order valence-corrected chi connectivity index (χ3v) is 4.82. The minimum absolute atomic E-state index is 0.170. The van der Waals surface area contributed by atoms with Crippen LogP contribution in [0.25, 0.3) is 0 Å². The summed E-state index contributed by atoms with van der Waals surface area (Å²) in [5.74, 6) is -0.424. The van der Waals surface area contributed by atoms with E-state index >= 15 is 0 Å². The quantitative estimate of drug-likeness (QED) is 0.810. The van der Waals surface area contributed by atoms with Crippen molar-refractivity contribution < 1.29 is 9.59 Å². The molecule has 2 aromatic rings. The number of hydrogen-bond acceptors (Lipinski definition) is 3. The predicted octanol–water partition coefficient (Wildman–Crippen LogP) is 2.82. The van der Waals surface area contributed by atoms with Crippen LogP contribution in [0.1, 0.15) is 22.8 Å². The topological polar surface area (TPSA) is 61.4 Å². The van der Waals surface area contributed by atoms with Gasteiger partial charge in [0.2, 0.25) is 5.66 Å². The van der Waals surface area contributed by atoms with Crippen molar-refractivity contribution in [2.45, 2.75) is 12.6 Å². The first-order valence-electron chi connectivity index (χ1n) is 7.38. The highest BCUT2D eigenvalue weighted by molar-refractivity contribution is 9.10. The standard InChI is InChI=1S/C17H14BrN3O2/c1-2-21-14-8-7-10(18)9-12(14)17(16(21)23)19-13-6-4-3-5-11(13)15(22)20-17/h3-9,19H,2H2,1H3,(H,20,22)/t17-/m1/s1. The van der Waals surface area contributed by atoms with Gasteiger partial charge >= 0.3 is 0 Å². The summed E-state index contributed by atoms with van der Waals surface area (Å²) >= 11 is 3.45. The van der Waals surface area contributed by atoms with Gasteiger partial charge in [0, 0.05) is 22.3 Å². The Morgan fingerprint density at radius 2 is 1.91 bits per heavy atom. The van der Waals surface area contributed by atoms with Crippen molar-refractivity contribution in [1.82, 2.24) is 5.32 Å². The molecule has 1 atom stereocenters. The van der Waals surface area contributed by atoms with E-state index in [1.807, 2.05) is 37.3 Å². The van der Waals surface area contributed by atoms with Gasteiger partial charge in [-0.05, 0) is 37.3 Å². The van der Waals surface area contributed by atoms with Crippen molar-refractivity contribution in [2.24, 2.45) is 0 Å². The summed E-state index contributed by atoms with van der Waals surface area (Å²) in [5.41, 5.74) is 1.51. The fourth-order valence-corrected chi connectivity index (χ4v) is 3.65. The second-order valence-corrected chi connectivity index (χ2v) is 6.50. The summed E-state index contributed by atoms with van der Waals surface area (Å²) in [6.45, 7) is 2.45. The van der Waals surface area contributed by atoms with Crippen LogP contribution in [-0.4, -0.2) is 18.4 Å². The number of benzene rings is 2. The zero-order valence-electron chi connectivity index (χ0n) is 12.4. The number of nitrogens with zero attached hydrogens (tertiary/aromatic N) is 1. The maximum absolute atomic E-state index is 13.1. The van der Waals surface area contributed by atoms with Crippen molar-refractivity contribution >= 4 is 39.1 Å². The summed E-state index contributed by atoms with van der Waals surface area (Å²) in [6, 6.07) is 12.9. The number of anilines is 2. The molecule has 2 amide bonds. The van der Waals surface area contributed by atoms with Gasteiger partial charge in [-0.25, -0.2) is 0 Å². The average molecular weight is 372 g/mol. The third-order valence-electron chi connectivity index (χ3n) is 4.33. The van der Waals surface area contributed by atoms with Crippen molar-refractivity contribution in [2.75, 3.05) is 16.8 Å². The Kier molecular flexibility index (Phi) is 2.99. The first-order chi connectivity index (χ1) is 11.1. The van der Waals surface area contributed by atoms with Crippen LogP contribution >= 0.6 is 15.9 Å². The molecule has 0 saturated heterocycles. The van der Waals surface area contributed by atoms with Gasteiger partial charge < -0.3 is 15.5 Å². The molecule has 6 heteroatoms. The number of carbonyl (C=O) groups is 2. The number of halogens is 1. The Hall–Kier alpha value is -2.34. The third kappa shape index (κ3) is 1.84. The molecule has 2 N–H and O–H groups in total. The minimum Gasteiger partial charge on any atom is -0.350 e. The number of likely N-dealkylation sites (N-methyl/N-ethyl adjacent to an activating group) is 1. The molecule has 0 radical (unpaired) electrons. The fourth-order valence-electron chi connectivity index (χ4n) is 3.29. The second kappa shape index (κ2) is 4.83. The Labute approximate surface area is 141 Å². The summed E-state index contributed by atoms with van der Waals surface area (Å²) in [6.07, 6.45) is 0. The lowest BCUT2D eigenvalue weighted by molar-refractivity contribution is -0.123. The molecule has 0 aromatic heterocycles. The molecule has 2 heterocycles. The summed E-state index contributed by atoms with van der Waals surface area (Å²) in [4.78, 5) is 27.3. The molecule has 0 bridgehead atoms. The van der Waals surface area contributed by atoms with Crippen molar-refractivity contribution in [1.29, 1.82) is 0 Å². The smallest absolute Gasteiger partial charge is 0.278 e. The van der Waals surface area contributed by atoms with Gasteiger partial charge in [-0.15, -0.1) is 0 Å². The molecule has 2 aromatic carbocycles. The number of rotatable bonds is 1. The van der Waals surface area contributed by atoms with Crippen LogP contribution in [0.15, 0.2) is 46.9 Å². The monoisotopic (exact) mass is 371 g/mol. The fraction of sp³-hybridized carbons (Fsp3) is 0.176. The van der Waals surface area contributed by atoms with Gasteiger partial charge in [0.25, 0.3) is 11.8 Å². The highest BCUT2D eigenvalue weighted by Crippen LogP contribution is 2.44. The number of nitrogens with one attached hydrogen (secondary N) is 2. The lowest BCUT2D eigenvalue weighted by Gasteiger charge is -2.36. The van der Waals surface area contributed by atoms with Gasteiger partial charge in [-0.3, -0.25) is 9.59 Å². The van der Waals surface area contributed by atoms with Crippen LogP contribution in [-0.2, 0) is 10.5 Å². The van der Waals surface area contributed by atoms with Crippen LogP contribution < -0.4 is 15.5 Å². The average Bonchev–Trinajstić information content (AvgIpc) is 2.76. The molecule has 0 saturated carbocycles. The van der Waals surface area contributed by atoms with Crippen LogP contribution in [0.4, 0.5) is 11.4 Å². The summed E-state index contributed by atoms with van der Waals surface area (Å²) < 4.78 is 0.858. The number of hydrogen-bond donors (Lipinski definition) is 2. The van der Waals surface area contributed by atoms with Gasteiger partial charge in [-0.1, -0.05) is 28.1 Å². The van der Waals surface area contributed by atoms with Gasteiger partial charge in [-0.2, -0.15) is 0 Å². The molecule has 5 nitrogen and oxygen atoms in total. The van der Waals surface area contributed by atoms with Crippen molar-refractivity contribution in [3.05, 3.63) is 58.1 Å². The number of fused-ring (bicyclic) bond motifs is 3. The zero-order chi connectivity index (χ0) is 16.2. The van der Waals surface area contributed by atoms with Crippen LogP contribution in [0, 0.1) is 0 Å². The first-order valence-corrected chi connectivity index (χ1v) is 8.18. The molecule has 23 heavy (non-hydrogen) atoms. The van der Waals surface area contributed by atoms with E-state index in [4.69, 9.17) is 0 Å². The predicted molar refractivity (Wildman–Crippen MR) is 91.4 cm³/mol. The lowest BCUT2D eigenvalue weighted by atomic mass is 9.96. The Morgan fingerprint density at radius 3 is 2.70 bits per heavy atom. The maximum atomic E-state index is 13.1. The van der Waals surface area contributed by atoms with E-state index in [-0.39, 0.29) is 11.8 Å². The molecule has 0 fully saturated rings. The molecule has 4 rings (SSSR count). The van der Waals surface area contributed by atoms with E-state index in [0.717, 1.165) is 15.7 Å². The molecule has 1 spiro atoms. The SMILES string of the molecule is CCN1C(=O)[C@]2(NC(=O)c3ccccc3N2)c2cc(Br)ccc21. The van der Waals surface area contributed by atoms with E-state index in [9.17, 15) is 9.59 Å². The zero-order valence-corrected chi connectivity index (χ0v) is 14.0. The molecule has 2 aliphatic heterocycles. The molecule has 0 aliphatic carbocycles. The molecule has 2 aliphatic rings. The molecule has 116 valence electrons. The normalized spacial score (nSPS) is 21.7. The van der Waals surface area contributed by atoms with E-state index in [0.29, 0.717) is 17.8 Å². The molecule has 0 unspecified atom stereocenters. The number of amides is 2. The highest BCUT2D eigenvalue weighted by atomic mass is 79.9. The van der Waals surface area contributed by atoms with E-state index in [1.54, 1.807) is 17.0 Å². The van der Waals surface area contributed by atoms with E-state index in [1.165, 1.54) is 0 Å². The Bertz CT molecular complexity index is 851. The highest BCUT2D eigenvalue weighted by Gasteiger charge is 2.54. The minimum atomic E-state index is -1.25. The van der Waals surface area contributed by atoms with E-state index < -0.39 is 5.66 Å². The van der Waals surface area contributed by atoms with Gasteiger partial charge in [0.1, 0.15) is 0 Å². The van der Waals surface area contributed by atoms with Crippen molar-refractivity contribution in [3.8, 4) is 0 Å². The molecular weight excluding hydrogens is 358 g/mol. The summed E-state index contributed by atoms with van der Waals surface area (Å²) in [7, 11) is 0. The number of carbonyl (C=O) groups excluding carboxylic acids is 2. The Morgan fingerprint density at radius 1 is 1.13 bits per heavy atom.